The summed E-state index contributed by atoms with van der Waals surface area (Å²) >= 11 is 0. The number of para-hydroxylation sites is 5. The molecule has 0 aromatic heterocycles. The zero-order valence-corrected chi connectivity index (χ0v) is 43.2. The smallest absolute Gasteiger partial charge is 0.417 e. The van der Waals surface area contributed by atoms with E-state index in [0.717, 1.165) is 55.6 Å². The van der Waals surface area contributed by atoms with Gasteiger partial charge in [0.15, 0.2) is 0 Å². The van der Waals surface area contributed by atoms with Gasteiger partial charge in [0.2, 0.25) is 0 Å². The fourth-order valence-electron chi connectivity index (χ4n) is 9.21. The van der Waals surface area contributed by atoms with Gasteiger partial charge in [0, 0.05) is 34.2 Å². The van der Waals surface area contributed by atoms with Gasteiger partial charge in [-0.1, -0.05) is 273 Å². The fourth-order valence-corrected chi connectivity index (χ4v) is 11.6. The van der Waals surface area contributed by atoms with E-state index in [1.165, 1.54) is 0 Å². The Morgan fingerprint density at radius 3 is 0.908 bits per heavy atom. The van der Waals surface area contributed by atoms with Crippen LogP contribution >= 0.6 is 17.2 Å². The highest BCUT2D eigenvalue weighted by molar-refractivity contribution is 7.43. The van der Waals surface area contributed by atoms with Crippen molar-refractivity contribution in [2.24, 2.45) is 0 Å². The van der Waals surface area contributed by atoms with Crippen molar-refractivity contribution in [3.63, 3.8) is 0 Å². The summed E-state index contributed by atoms with van der Waals surface area (Å²) in [6, 6.07) is 101. The highest BCUT2D eigenvalue weighted by Gasteiger charge is 2.44. The van der Waals surface area contributed by atoms with Crippen molar-refractivity contribution >= 4 is 17.2 Å². The van der Waals surface area contributed by atoms with Gasteiger partial charge in [-0.2, -0.15) is 0 Å². The van der Waals surface area contributed by atoms with E-state index in [2.05, 4.69) is 91.0 Å². The average molecular weight is 1030 g/mol. The van der Waals surface area contributed by atoms with Gasteiger partial charge in [0.1, 0.15) is 34.3 Å². The van der Waals surface area contributed by atoms with Crippen molar-refractivity contribution < 1.29 is 27.1 Å². The standard InChI is InChI=1S/C68H52O6P2/c1-7-29-52(30-8-1)51-68(57-39-17-6-18-40-57,74-76(71-65-48-26-21-43-60(65)55-35-13-4-14-36-55)72-66-49-27-22-44-61(66)56-37-15-5-16-38-56)62-45-23-28-50-67(62)73-75(69-63-46-24-19-41-58(63)53-31-9-2-10-32-53)70-64-47-25-20-42-59(64)54-33-11-3-12-34-54/h1-50H,51H2. The van der Waals surface area contributed by atoms with Crippen LogP contribution in [0.5, 0.6) is 28.7 Å². The molecule has 1 atom stereocenters. The SMILES string of the molecule is c1ccc(CC(OP(Oc2ccccc2-c2ccccc2)Oc2ccccc2-c2ccccc2)(c2ccccc2)c2ccccc2OP(Oc2ccccc2-c2ccccc2)Oc2ccccc2-c2ccccc2)cc1. The molecule has 6 nitrogen and oxygen atoms in total. The van der Waals surface area contributed by atoms with Crippen molar-refractivity contribution in [2.75, 3.05) is 0 Å². The highest BCUT2D eigenvalue weighted by atomic mass is 31.2. The second-order valence-electron chi connectivity index (χ2n) is 17.8. The van der Waals surface area contributed by atoms with E-state index in [4.69, 9.17) is 27.1 Å². The van der Waals surface area contributed by atoms with Crippen LogP contribution < -0.4 is 22.6 Å². The summed E-state index contributed by atoms with van der Waals surface area (Å²) in [5.41, 5.74) is 8.75. The molecule has 370 valence electrons. The molecule has 0 amide bonds. The lowest BCUT2D eigenvalue weighted by Crippen LogP contribution is -2.34. The van der Waals surface area contributed by atoms with Crippen LogP contribution in [-0.2, 0) is 16.5 Å². The van der Waals surface area contributed by atoms with Gasteiger partial charge in [0.05, 0.1) is 0 Å². The van der Waals surface area contributed by atoms with Crippen LogP contribution in [-0.4, -0.2) is 0 Å². The summed E-state index contributed by atoms with van der Waals surface area (Å²) in [7, 11) is -4.61. The molecule has 0 aliphatic carbocycles. The lowest BCUT2D eigenvalue weighted by Gasteiger charge is -2.38. The molecule has 11 rings (SSSR count). The van der Waals surface area contributed by atoms with Gasteiger partial charge in [-0.3, -0.25) is 4.52 Å². The van der Waals surface area contributed by atoms with Gasteiger partial charge in [-0.05, 0) is 63.7 Å². The predicted octanol–water partition coefficient (Wildman–Crippen LogP) is 19.0. The molecule has 0 bridgehead atoms. The first-order valence-electron chi connectivity index (χ1n) is 25.1. The van der Waals surface area contributed by atoms with E-state index >= 15 is 0 Å². The third-order valence-electron chi connectivity index (χ3n) is 12.8. The maximum absolute atomic E-state index is 7.88. The van der Waals surface area contributed by atoms with E-state index in [1.54, 1.807) is 0 Å². The Bertz CT molecular complexity index is 3420. The maximum atomic E-state index is 7.88. The van der Waals surface area contributed by atoms with E-state index in [9.17, 15) is 0 Å². The van der Waals surface area contributed by atoms with Crippen molar-refractivity contribution in [3.05, 3.63) is 320 Å². The van der Waals surface area contributed by atoms with Gasteiger partial charge >= 0.3 is 17.2 Å². The molecule has 11 aromatic rings. The second kappa shape index (κ2) is 24.1. The van der Waals surface area contributed by atoms with Crippen LogP contribution in [0.4, 0.5) is 0 Å². The Hall–Kier alpha value is -8.76. The predicted molar refractivity (Wildman–Crippen MR) is 309 cm³/mol. The number of benzene rings is 11. The molecule has 0 aliphatic rings. The lowest BCUT2D eigenvalue weighted by atomic mass is 9.81. The minimum Gasteiger partial charge on any atom is -0.417 e. The fraction of sp³-hybridized carbons (Fsp3) is 0.0294. The largest absolute Gasteiger partial charge is 0.530 e. The Morgan fingerprint density at radius 2 is 0.526 bits per heavy atom. The van der Waals surface area contributed by atoms with E-state index < -0.39 is 22.8 Å². The summed E-state index contributed by atoms with van der Waals surface area (Å²) in [5.74, 6) is 2.88. The Balaban J connectivity index is 1.08. The number of rotatable bonds is 20. The first-order valence-corrected chi connectivity index (χ1v) is 27.3. The van der Waals surface area contributed by atoms with Crippen molar-refractivity contribution in [1.82, 2.24) is 0 Å². The van der Waals surface area contributed by atoms with E-state index in [1.807, 2.05) is 212 Å². The van der Waals surface area contributed by atoms with Crippen molar-refractivity contribution in [3.8, 4) is 73.3 Å². The van der Waals surface area contributed by atoms with Gasteiger partial charge in [-0.25, -0.2) is 0 Å². The molecule has 0 fully saturated rings. The Labute approximate surface area is 447 Å². The van der Waals surface area contributed by atoms with Gasteiger partial charge in [-0.15, -0.1) is 0 Å². The van der Waals surface area contributed by atoms with Gasteiger partial charge in [0.25, 0.3) is 0 Å². The van der Waals surface area contributed by atoms with Crippen LogP contribution in [0.3, 0.4) is 0 Å². The minimum absolute atomic E-state index is 0.345. The third kappa shape index (κ3) is 11.6. The molecule has 0 saturated carbocycles. The molecule has 76 heavy (non-hydrogen) atoms. The Morgan fingerprint density at radius 1 is 0.250 bits per heavy atom. The quantitative estimate of drug-likeness (QED) is 0.0709. The van der Waals surface area contributed by atoms with Crippen LogP contribution in [0.15, 0.2) is 303 Å². The average Bonchev–Trinajstić information content (AvgIpc) is 3.54. The second-order valence-corrected chi connectivity index (χ2v) is 19.8. The molecule has 1 unspecified atom stereocenters. The first-order chi connectivity index (χ1) is 37.7. The molecular formula is C68H52O6P2. The molecule has 0 spiro atoms. The van der Waals surface area contributed by atoms with Crippen molar-refractivity contribution in [2.45, 2.75) is 12.0 Å². The van der Waals surface area contributed by atoms with Crippen molar-refractivity contribution in [1.29, 1.82) is 0 Å². The van der Waals surface area contributed by atoms with Crippen LogP contribution in [0.2, 0.25) is 0 Å². The zero-order chi connectivity index (χ0) is 51.2. The molecule has 0 aliphatic heterocycles. The molecule has 8 heteroatoms. The molecule has 0 heterocycles. The summed E-state index contributed by atoms with van der Waals surface area (Å²) in [6.45, 7) is 0. The van der Waals surface area contributed by atoms with E-state index in [0.29, 0.717) is 40.7 Å². The molecule has 11 aromatic carbocycles. The molecule has 0 saturated heterocycles. The van der Waals surface area contributed by atoms with Gasteiger partial charge < -0.3 is 22.6 Å². The minimum atomic E-state index is -2.34. The lowest BCUT2D eigenvalue weighted by molar-refractivity contribution is 0.0946. The Kier molecular flexibility index (Phi) is 15.7. The summed E-state index contributed by atoms with van der Waals surface area (Å²) in [6.07, 6.45) is 0.345. The third-order valence-corrected chi connectivity index (χ3v) is 15.0. The molecular weight excluding hydrogens is 975 g/mol. The summed E-state index contributed by atoms with van der Waals surface area (Å²) in [4.78, 5) is 0. The normalized spacial score (nSPS) is 11.9. The van der Waals surface area contributed by atoms with Crippen LogP contribution in [0, 0.1) is 0 Å². The zero-order valence-electron chi connectivity index (χ0n) is 41.4. The summed E-state index contributed by atoms with van der Waals surface area (Å²) in [5, 5.41) is 0. The monoisotopic (exact) mass is 1030 g/mol. The highest BCUT2D eigenvalue weighted by Crippen LogP contribution is 2.57. The topological polar surface area (TPSA) is 55.4 Å². The molecule has 0 N–H and O–H groups in total. The number of hydrogen-bond acceptors (Lipinski definition) is 6. The first kappa shape index (κ1) is 49.5. The van der Waals surface area contributed by atoms with Crippen LogP contribution in [0.25, 0.3) is 44.5 Å². The summed E-state index contributed by atoms with van der Waals surface area (Å²) < 4.78 is 43.9. The van der Waals surface area contributed by atoms with E-state index in [-0.39, 0.29) is 0 Å². The van der Waals surface area contributed by atoms with Crippen LogP contribution in [0.1, 0.15) is 16.7 Å². The number of hydrogen-bond donors (Lipinski definition) is 0. The molecule has 0 radical (unpaired) electrons. The maximum Gasteiger partial charge on any atom is 0.530 e.